The third-order valence-electron chi connectivity index (χ3n) is 1.76. The molecule has 0 bridgehead atoms. The summed E-state index contributed by atoms with van der Waals surface area (Å²) in [6, 6.07) is 0. The number of hydrogen-bond donors (Lipinski definition) is 2. The van der Waals surface area contributed by atoms with Crippen molar-refractivity contribution in [2.45, 2.75) is 0 Å². The second-order valence-electron chi connectivity index (χ2n) is 2.56. The smallest absolute Gasteiger partial charge is 0.301 e. The molecule has 2 aromatic heterocycles. The van der Waals surface area contributed by atoms with Crippen LogP contribution in [0.5, 0.6) is 0 Å². The molecule has 0 unspecified atom stereocenters. The van der Waals surface area contributed by atoms with Crippen LogP contribution in [0.3, 0.4) is 0 Å². The van der Waals surface area contributed by atoms with Crippen LogP contribution in [0.25, 0.3) is 11.2 Å². The largest absolute Gasteiger partial charge is 0.368 e. The number of rotatable bonds is 1. The van der Waals surface area contributed by atoms with Crippen molar-refractivity contribution in [3.8, 4) is 0 Å². The zero-order valence-corrected chi connectivity index (χ0v) is 7.43. The van der Waals surface area contributed by atoms with E-state index in [9.17, 15) is 4.79 Å². The van der Waals surface area contributed by atoms with Gasteiger partial charge in [0, 0.05) is 19.4 Å². The van der Waals surface area contributed by atoms with Crippen molar-refractivity contribution >= 4 is 17.1 Å². The highest BCUT2D eigenvalue weighted by Crippen LogP contribution is 2.00. The lowest BCUT2D eigenvalue weighted by Gasteiger charge is -2.06. The summed E-state index contributed by atoms with van der Waals surface area (Å²) >= 11 is 0. The molecule has 0 radical (unpaired) electrons. The van der Waals surface area contributed by atoms with Gasteiger partial charge in [0.25, 0.3) is 0 Å². The van der Waals surface area contributed by atoms with E-state index in [0.717, 1.165) is 4.68 Å². The highest BCUT2D eigenvalue weighted by molar-refractivity contribution is 5.69. The Kier molecular flexibility index (Phi) is 1.77. The third kappa shape index (κ3) is 1.06. The first-order valence-electron chi connectivity index (χ1n) is 3.91. The van der Waals surface area contributed by atoms with E-state index in [1.165, 1.54) is 12.4 Å². The quantitative estimate of drug-likeness (QED) is 0.597. The average Bonchev–Trinajstić information content (AvgIpc) is 2.18. The molecule has 2 heterocycles. The Hall–Kier alpha value is -2.18. The number of nitrogens with two attached hydrogens (primary N) is 1. The summed E-state index contributed by atoms with van der Waals surface area (Å²) in [5.74, 6) is 0.0606. The van der Waals surface area contributed by atoms with Crippen molar-refractivity contribution in [1.29, 1.82) is 0 Å². The summed E-state index contributed by atoms with van der Waals surface area (Å²) in [7, 11) is 1.57. The Morgan fingerprint density at radius 2 is 2.14 bits per heavy atom. The summed E-state index contributed by atoms with van der Waals surface area (Å²) in [5, 5.41) is 0. The first-order valence-corrected chi connectivity index (χ1v) is 3.91. The molecule has 0 saturated carbocycles. The molecule has 0 amide bonds. The predicted octanol–water partition coefficient (Wildman–Crippen LogP) is -1.06. The van der Waals surface area contributed by atoms with Gasteiger partial charge in [0.2, 0.25) is 5.95 Å². The molecule has 72 valence electrons. The van der Waals surface area contributed by atoms with Crippen LogP contribution in [0.1, 0.15) is 0 Å². The van der Waals surface area contributed by atoms with Crippen LogP contribution in [-0.2, 0) is 0 Å². The summed E-state index contributed by atoms with van der Waals surface area (Å²) < 4.78 is 1.11. The summed E-state index contributed by atoms with van der Waals surface area (Å²) in [6.45, 7) is 0. The maximum Gasteiger partial charge on any atom is 0.301 e. The molecule has 0 fully saturated rings. The van der Waals surface area contributed by atoms with E-state index >= 15 is 0 Å². The van der Waals surface area contributed by atoms with Gasteiger partial charge < -0.3 is 11.2 Å². The van der Waals surface area contributed by atoms with Crippen LogP contribution in [-0.4, -0.2) is 26.7 Å². The second-order valence-corrected chi connectivity index (χ2v) is 2.56. The Bertz CT molecular complexity index is 533. The van der Waals surface area contributed by atoms with Crippen molar-refractivity contribution in [2.75, 3.05) is 18.2 Å². The maximum absolute atomic E-state index is 11.7. The molecule has 0 atom stereocenters. The van der Waals surface area contributed by atoms with E-state index in [1.807, 2.05) is 0 Å². The predicted molar refractivity (Wildman–Crippen MR) is 51.3 cm³/mol. The highest BCUT2D eigenvalue weighted by Gasteiger charge is 2.08. The molecule has 0 aliphatic rings. The number of fused-ring (bicyclic) bond motifs is 1. The molecule has 0 aliphatic heterocycles. The maximum atomic E-state index is 11.7. The minimum absolute atomic E-state index is 0.0606. The zero-order chi connectivity index (χ0) is 10.1. The van der Waals surface area contributed by atoms with Crippen LogP contribution in [0, 0.1) is 0 Å². The Morgan fingerprint density at radius 1 is 1.43 bits per heavy atom. The molecule has 0 spiro atoms. The molecule has 7 nitrogen and oxygen atoms in total. The second kappa shape index (κ2) is 2.95. The first kappa shape index (κ1) is 8.42. The fourth-order valence-corrected chi connectivity index (χ4v) is 1.15. The molecule has 0 aliphatic carbocycles. The van der Waals surface area contributed by atoms with Crippen molar-refractivity contribution in [3.63, 3.8) is 0 Å². The van der Waals surface area contributed by atoms with Gasteiger partial charge in [-0.1, -0.05) is 0 Å². The number of hydrogen-bond acceptors (Lipinski definition) is 6. The third-order valence-corrected chi connectivity index (χ3v) is 1.76. The number of nitrogens with one attached hydrogen (secondary N) is 1. The minimum Gasteiger partial charge on any atom is -0.368 e. The van der Waals surface area contributed by atoms with Gasteiger partial charge in [-0.2, -0.15) is 9.66 Å². The van der Waals surface area contributed by atoms with E-state index < -0.39 is 0 Å². The van der Waals surface area contributed by atoms with Gasteiger partial charge in [0.1, 0.15) is 0 Å². The number of aromatic nitrogens is 4. The van der Waals surface area contributed by atoms with Gasteiger partial charge in [-0.3, -0.25) is 4.79 Å². The van der Waals surface area contributed by atoms with Crippen LogP contribution in [0.2, 0.25) is 0 Å². The van der Waals surface area contributed by atoms with E-state index in [0.29, 0.717) is 0 Å². The van der Waals surface area contributed by atoms with Crippen molar-refractivity contribution in [2.24, 2.45) is 0 Å². The average molecular weight is 192 g/mol. The van der Waals surface area contributed by atoms with Crippen LogP contribution in [0.15, 0.2) is 17.2 Å². The summed E-state index contributed by atoms with van der Waals surface area (Å²) in [5.41, 5.74) is 8.21. The van der Waals surface area contributed by atoms with Crippen LogP contribution in [0.4, 0.5) is 5.95 Å². The van der Waals surface area contributed by atoms with E-state index in [4.69, 9.17) is 5.73 Å². The summed E-state index contributed by atoms with van der Waals surface area (Å²) in [6.07, 6.45) is 2.89. The van der Waals surface area contributed by atoms with Crippen molar-refractivity contribution in [3.05, 3.63) is 22.7 Å². The molecule has 0 aromatic carbocycles. The first-order chi connectivity index (χ1) is 6.74. The monoisotopic (exact) mass is 192 g/mol. The standard InChI is InChI=1S/C7H8N6O/c1-9-13-6(14)4-5(12-7(13)8)11-3-2-10-4/h2-3,9H,1H3,(H2,8,11,12). The Morgan fingerprint density at radius 3 is 2.86 bits per heavy atom. The SMILES string of the molecule is CNn1c(N)nc2nccnc2c1=O. The van der Waals surface area contributed by atoms with Crippen molar-refractivity contribution < 1.29 is 0 Å². The lowest BCUT2D eigenvalue weighted by molar-refractivity contribution is 0.864. The fourth-order valence-electron chi connectivity index (χ4n) is 1.15. The molecular weight excluding hydrogens is 184 g/mol. The van der Waals surface area contributed by atoms with Crippen LogP contribution >= 0.6 is 0 Å². The van der Waals surface area contributed by atoms with Gasteiger partial charge in [0.15, 0.2) is 11.2 Å². The lowest BCUT2D eigenvalue weighted by atomic mass is 10.5. The molecule has 7 heteroatoms. The van der Waals surface area contributed by atoms with Gasteiger partial charge >= 0.3 is 5.56 Å². The van der Waals surface area contributed by atoms with Gasteiger partial charge in [0.05, 0.1) is 0 Å². The van der Waals surface area contributed by atoms with Crippen molar-refractivity contribution in [1.82, 2.24) is 19.6 Å². The van der Waals surface area contributed by atoms with E-state index in [1.54, 1.807) is 7.05 Å². The van der Waals surface area contributed by atoms with Gasteiger partial charge in [-0.15, -0.1) is 0 Å². The van der Waals surface area contributed by atoms with Gasteiger partial charge in [-0.25, -0.2) is 9.97 Å². The molecule has 2 aromatic rings. The Labute approximate surface area is 78.6 Å². The molecular formula is C7H8N6O. The lowest BCUT2D eigenvalue weighted by Crippen LogP contribution is -2.30. The molecule has 2 rings (SSSR count). The zero-order valence-electron chi connectivity index (χ0n) is 7.43. The summed E-state index contributed by atoms with van der Waals surface area (Å²) in [4.78, 5) is 23.3. The minimum atomic E-state index is -0.358. The number of nitrogens with zero attached hydrogens (tertiary/aromatic N) is 4. The molecule has 14 heavy (non-hydrogen) atoms. The number of anilines is 1. The Balaban J connectivity index is 2.93. The van der Waals surface area contributed by atoms with E-state index in [2.05, 4.69) is 20.4 Å². The number of nitrogen functional groups attached to an aromatic ring is 1. The molecule has 0 saturated heterocycles. The fraction of sp³-hybridized carbons (Fsp3) is 0.143. The topological polar surface area (TPSA) is 98.7 Å². The molecule has 3 N–H and O–H groups in total. The van der Waals surface area contributed by atoms with Gasteiger partial charge in [-0.05, 0) is 0 Å². The normalized spacial score (nSPS) is 10.4. The highest BCUT2D eigenvalue weighted by atomic mass is 16.1. The van der Waals surface area contributed by atoms with E-state index in [-0.39, 0.29) is 22.7 Å². The van der Waals surface area contributed by atoms with Crippen LogP contribution < -0.4 is 16.7 Å².